The van der Waals surface area contributed by atoms with Gasteiger partial charge < -0.3 is 4.74 Å². The summed E-state index contributed by atoms with van der Waals surface area (Å²) >= 11 is 0. The fraction of sp³-hybridized carbons (Fsp3) is 0.778. The summed E-state index contributed by atoms with van der Waals surface area (Å²) in [5.74, 6) is -0.151. The van der Waals surface area contributed by atoms with Crippen molar-refractivity contribution >= 4 is 12.0 Å². The first-order valence-corrected chi connectivity index (χ1v) is 4.36. The lowest BCUT2D eigenvalue weighted by molar-refractivity contribution is -0.143. The molecule has 1 rings (SSSR count). The predicted octanol–water partition coefficient (Wildman–Crippen LogP) is 1.54. The van der Waals surface area contributed by atoms with Gasteiger partial charge in [0.2, 0.25) is 5.91 Å². The van der Waals surface area contributed by atoms with E-state index in [0.717, 1.165) is 4.90 Å². The summed E-state index contributed by atoms with van der Waals surface area (Å²) < 4.78 is 5.05. The van der Waals surface area contributed by atoms with Crippen molar-refractivity contribution < 1.29 is 14.3 Å². The number of imide groups is 1. The van der Waals surface area contributed by atoms with Crippen LogP contribution in [0.3, 0.4) is 0 Å². The second kappa shape index (κ2) is 3.01. The Morgan fingerprint density at radius 2 is 2.08 bits per heavy atom. The third-order valence-corrected chi connectivity index (χ3v) is 1.77. The van der Waals surface area contributed by atoms with E-state index in [-0.39, 0.29) is 11.9 Å². The smallest absolute Gasteiger partial charge is 0.417 e. The van der Waals surface area contributed by atoms with Crippen LogP contribution in [-0.4, -0.2) is 28.5 Å². The predicted molar refractivity (Wildman–Crippen MR) is 47.2 cm³/mol. The molecule has 1 saturated heterocycles. The lowest BCUT2D eigenvalue weighted by atomic mass is 10.1. The average Bonchev–Trinajstić information content (AvgIpc) is 1.80. The molecular weight excluding hydrogens is 170 g/mol. The van der Waals surface area contributed by atoms with Crippen LogP contribution in [0.1, 0.15) is 34.1 Å². The molecule has 0 N–H and O–H groups in total. The third kappa shape index (κ3) is 2.20. The van der Waals surface area contributed by atoms with Gasteiger partial charge in [-0.05, 0) is 27.7 Å². The number of β-lactam (4-membered cyclic amide) rings is 1. The van der Waals surface area contributed by atoms with Crippen LogP contribution in [0.4, 0.5) is 4.79 Å². The van der Waals surface area contributed by atoms with E-state index in [9.17, 15) is 9.59 Å². The van der Waals surface area contributed by atoms with Crippen molar-refractivity contribution in [3.8, 4) is 0 Å². The van der Waals surface area contributed by atoms with Crippen LogP contribution >= 0.6 is 0 Å². The summed E-state index contributed by atoms with van der Waals surface area (Å²) in [5, 5.41) is 0. The topological polar surface area (TPSA) is 46.6 Å². The molecule has 0 bridgehead atoms. The van der Waals surface area contributed by atoms with Gasteiger partial charge in [-0.3, -0.25) is 4.79 Å². The van der Waals surface area contributed by atoms with Crippen molar-refractivity contribution in [3.63, 3.8) is 0 Å². The highest BCUT2D eigenvalue weighted by Crippen LogP contribution is 2.21. The molecule has 0 aromatic rings. The van der Waals surface area contributed by atoms with Crippen LogP contribution in [0, 0.1) is 0 Å². The first-order chi connectivity index (χ1) is 5.81. The SMILES string of the molecule is C[C@H]1CC(=O)N1C(=O)OC(C)(C)C. The van der Waals surface area contributed by atoms with E-state index in [2.05, 4.69) is 0 Å². The molecule has 4 nitrogen and oxygen atoms in total. The van der Waals surface area contributed by atoms with Crippen molar-refractivity contribution in [1.29, 1.82) is 0 Å². The number of hydrogen-bond acceptors (Lipinski definition) is 3. The molecule has 0 saturated carbocycles. The Kier molecular flexibility index (Phi) is 2.32. The number of nitrogens with zero attached hydrogens (tertiary/aromatic N) is 1. The summed E-state index contributed by atoms with van der Waals surface area (Å²) in [4.78, 5) is 23.5. The van der Waals surface area contributed by atoms with Crippen LogP contribution in [0.25, 0.3) is 0 Å². The standard InChI is InChI=1S/C9H15NO3/c1-6-5-7(11)10(6)8(12)13-9(2,3)4/h6H,5H2,1-4H3/t6-/m0/s1. The molecule has 4 heteroatoms. The Balaban J connectivity index is 2.54. The van der Waals surface area contributed by atoms with Gasteiger partial charge in [-0.2, -0.15) is 0 Å². The molecule has 0 unspecified atom stereocenters. The number of carbonyl (C=O) groups is 2. The van der Waals surface area contributed by atoms with Crippen LogP contribution < -0.4 is 0 Å². The molecule has 0 aromatic heterocycles. The number of rotatable bonds is 0. The fourth-order valence-corrected chi connectivity index (χ4v) is 1.17. The van der Waals surface area contributed by atoms with Gasteiger partial charge in [-0.15, -0.1) is 0 Å². The molecule has 1 fully saturated rings. The van der Waals surface area contributed by atoms with Gasteiger partial charge in [0.15, 0.2) is 0 Å². The Hall–Kier alpha value is -1.06. The number of amides is 2. The molecule has 1 aliphatic heterocycles. The summed E-state index contributed by atoms with van der Waals surface area (Å²) in [6, 6.07) is -0.0117. The van der Waals surface area contributed by atoms with Gasteiger partial charge in [0.25, 0.3) is 0 Å². The average molecular weight is 185 g/mol. The van der Waals surface area contributed by atoms with E-state index < -0.39 is 11.7 Å². The zero-order chi connectivity index (χ0) is 10.2. The quantitative estimate of drug-likeness (QED) is 0.538. The zero-order valence-corrected chi connectivity index (χ0v) is 8.46. The Morgan fingerprint density at radius 1 is 1.54 bits per heavy atom. The highest BCUT2D eigenvalue weighted by atomic mass is 16.6. The van der Waals surface area contributed by atoms with Crippen molar-refractivity contribution in [3.05, 3.63) is 0 Å². The molecule has 1 heterocycles. The van der Waals surface area contributed by atoms with E-state index in [1.165, 1.54) is 0 Å². The first-order valence-electron chi connectivity index (χ1n) is 4.36. The van der Waals surface area contributed by atoms with Gasteiger partial charge in [0, 0.05) is 12.5 Å². The van der Waals surface area contributed by atoms with Crippen LogP contribution in [0.5, 0.6) is 0 Å². The van der Waals surface area contributed by atoms with Gasteiger partial charge in [0.1, 0.15) is 5.60 Å². The second-order valence-corrected chi connectivity index (χ2v) is 4.30. The van der Waals surface area contributed by atoms with Gasteiger partial charge >= 0.3 is 6.09 Å². The molecule has 0 radical (unpaired) electrons. The van der Waals surface area contributed by atoms with E-state index in [1.807, 2.05) is 6.92 Å². The van der Waals surface area contributed by atoms with E-state index in [4.69, 9.17) is 4.74 Å². The van der Waals surface area contributed by atoms with Gasteiger partial charge in [0.05, 0.1) is 0 Å². The molecule has 0 spiro atoms. The molecule has 0 aliphatic carbocycles. The van der Waals surface area contributed by atoms with E-state index in [0.29, 0.717) is 6.42 Å². The highest BCUT2D eigenvalue weighted by Gasteiger charge is 2.39. The monoisotopic (exact) mass is 185 g/mol. The van der Waals surface area contributed by atoms with Crippen molar-refractivity contribution in [2.75, 3.05) is 0 Å². The van der Waals surface area contributed by atoms with Crippen LogP contribution in [0.2, 0.25) is 0 Å². The lowest BCUT2D eigenvalue weighted by Gasteiger charge is -2.36. The fourth-order valence-electron chi connectivity index (χ4n) is 1.17. The van der Waals surface area contributed by atoms with E-state index >= 15 is 0 Å². The molecule has 1 atom stereocenters. The maximum atomic E-state index is 11.3. The van der Waals surface area contributed by atoms with Crippen molar-refractivity contribution in [2.45, 2.75) is 45.8 Å². The second-order valence-electron chi connectivity index (χ2n) is 4.30. The minimum absolute atomic E-state index is 0.0117. The summed E-state index contributed by atoms with van der Waals surface area (Å²) in [5.41, 5.74) is -0.535. The van der Waals surface area contributed by atoms with Crippen molar-refractivity contribution in [2.24, 2.45) is 0 Å². The van der Waals surface area contributed by atoms with Crippen LogP contribution in [0.15, 0.2) is 0 Å². The maximum Gasteiger partial charge on any atom is 0.417 e. The number of ether oxygens (including phenoxy) is 1. The highest BCUT2D eigenvalue weighted by molar-refractivity contribution is 5.97. The lowest BCUT2D eigenvalue weighted by Crippen LogP contribution is -2.55. The Labute approximate surface area is 77.8 Å². The number of carbonyl (C=O) groups excluding carboxylic acids is 2. The largest absolute Gasteiger partial charge is 0.443 e. The molecular formula is C9H15NO3. The van der Waals surface area contributed by atoms with Crippen molar-refractivity contribution in [1.82, 2.24) is 4.90 Å². The minimum atomic E-state index is -0.535. The summed E-state index contributed by atoms with van der Waals surface area (Å²) in [6.45, 7) is 7.16. The summed E-state index contributed by atoms with van der Waals surface area (Å²) in [7, 11) is 0. The Bertz CT molecular complexity index is 242. The molecule has 74 valence electrons. The Morgan fingerprint density at radius 3 is 2.38 bits per heavy atom. The van der Waals surface area contributed by atoms with Gasteiger partial charge in [-0.1, -0.05) is 0 Å². The summed E-state index contributed by atoms with van der Waals surface area (Å²) in [6.07, 6.45) is -0.0876. The maximum absolute atomic E-state index is 11.3. The van der Waals surface area contributed by atoms with Gasteiger partial charge in [-0.25, -0.2) is 9.69 Å². The molecule has 1 aliphatic rings. The normalized spacial score (nSPS) is 22.6. The number of hydrogen-bond donors (Lipinski definition) is 0. The third-order valence-electron chi connectivity index (χ3n) is 1.77. The molecule has 13 heavy (non-hydrogen) atoms. The minimum Gasteiger partial charge on any atom is -0.443 e. The molecule has 0 aromatic carbocycles. The first kappa shape index (κ1) is 10.0. The van der Waals surface area contributed by atoms with Crippen LogP contribution in [-0.2, 0) is 9.53 Å². The molecule has 2 amide bonds. The zero-order valence-electron chi connectivity index (χ0n) is 8.46. The van der Waals surface area contributed by atoms with E-state index in [1.54, 1.807) is 20.8 Å². The number of likely N-dealkylation sites (tertiary alicyclic amines) is 1.